The molecule has 0 bridgehead atoms. The zero-order valence-electron chi connectivity index (χ0n) is 8.37. The number of carbonyl (C=O) groups excluding carboxylic acids is 1. The molecule has 2 aromatic rings. The van der Waals surface area contributed by atoms with Gasteiger partial charge in [-0.05, 0) is 6.07 Å². The first kappa shape index (κ1) is 10.1. The Morgan fingerprint density at radius 1 is 1.38 bits per heavy atom. The summed E-state index contributed by atoms with van der Waals surface area (Å²) in [5.74, 6) is -0.0637. The molecule has 2 rings (SSSR count). The summed E-state index contributed by atoms with van der Waals surface area (Å²) < 4.78 is 1.48. The Morgan fingerprint density at radius 3 is 2.62 bits per heavy atom. The van der Waals surface area contributed by atoms with E-state index in [1.165, 1.54) is 10.9 Å². The molecule has 16 heavy (non-hydrogen) atoms. The average molecular weight is 218 g/mol. The van der Waals surface area contributed by atoms with Crippen molar-refractivity contribution in [2.75, 3.05) is 5.73 Å². The van der Waals surface area contributed by atoms with E-state index in [9.17, 15) is 4.79 Å². The maximum absolute atomic E-state index is 10.9. The summed E-state index contributed by atoms with van der Waals surface area (Å²) in [6.45, 7) is 0.346. The number of nitrogens with two attached hydrogens (primary N) is 2. The predicted molar refractivity (Wildman–Crippen MR) is 56.3 cm³/mol. The summed E-state index contributed by atoms with van der Waals surface area (Å²) in [6, 6.07) is 1.72. The molecule has 4 N–H and O–H groups in total. The van der Waals surface area contributed by atoms with E-state index in [0.29, 0.717) is 12.4 Å². The average Bonchev–Trinajstić information content (AvgIpc) is 2.61. The van der Waals surface area contributed by atoms with Crippen molar-refractivity contribution in [3.8, 4) is 0 Å². The van der Waals surface area contributed by atoms with Crippen LogP contribution in [0.4, 0.5) is 5.69 Å². The lowest BCUT2D eigenvalue weighted by molar-refractivity contribution is 0.0995. The summed E-state index contributed by atoms with van der Waals surface area (Å²) in [4.78, 5) is 19.0. The van der Waals surface area contributed by atoms with E-state index in [1.54, 1.807) is 18.5 Å². The van der Waals surface area contributed by atoms with Gasteiger partial charge in [0.2, 0.25) is 0 Å². The predicted octanol–water partition coefficient (Wildman–Crippen LogP) is -0.598. The zero-order chi connectivity index (χ0) is 11.5. The quantitative estimate of drug-likeness (QED) is 0.714. The fraction of sp³-hybridized carbons (Fsp3) is 0.111. The molecular weight excluding hydrogens is 208 g/mol. The lowest BCUT2D eigenvalue weighted by Crippen LogP contribution is -2.14. The Hall–Kier alpha value is -2.44. The molecule has 2 aromatic heterocycles. The molecule has 0 unspecified atom stereocenters. The molecule has 0 fully saturated rings. The van der Waals surface area contributed by atoms with Gasteiger partial charge in [0.15, 0.2) is 5.69 Å². The Labute approximate surface area is 91.1 Å². The van der Waals surface area contributed by atoms with Crippen LogP contribution in [-0.2, 0) is 6.54 Å². The number of primary amides is 1. The van der Waals surface area contributed by atoms with Crippen molar-refractivity contribution >= 4 is 11.6 Å². The minimum absolute atomic E-state index is 0.0657. The molecule has 0 saturated carbocycles. The van der Waals surface area contributed by atoms with Crippen LogP contribution in [0, 0.1) is 0 Å². The fourth-order valence-corrected chi connectivity index (χ4v) is 1.27. The monoisotopic (exact) mass is 218 g/mol. The van der Waals surface area contributed by atoms with Crippen LogP contribution in [0.2, 0.25) is 0 Å². The summed E-state index contributed by atoms with van der Waals surface area (Å²) in [7, 11) is 0. The first-order chi connectivity index (χ1) is 7.66. The van der Waals surface area contributed by atoms with Gasteiger partial charge in [-0.2, -0.15) is 5.10 Å². The van der Waals surface area contributed by atoms with Crippen LogP contribution in [0.5, 0.6) is 0 Å². The van der Waals surface area contributed by atoms with E-state index in [1.807, 2.05) is 0 Å². The molecule has 0 aliphatic carbocycles. The number of nitrogen functional groups attached to an aromatic ring is 1. The highest BCUT2D eigenvalue weighted by atomic mass is 16.1. The normalized spacial score (nSPS) is 10.2. The number of rotatable bonds is 3. The number of hydrogen-bond acceptors (Lipinski definition) is 5. The highest BCUT2D eigenvalue weighted by Gasteiger charge is 2.11. The van der Waals surface area contributed by atoms with Gasteiger partial charge in [-0.3, -0.25) is 9.48 Å². The third-order valence-corrected chi connectivity index (χ3v) is 1.95. The number of amides is 1. The molecular formula is C9H10N6O. The lowest BCUT2D eigenvalue weighted by atomic mass is 10.4. The minimum atomic E-state index is -0.648. The van der Waals surface area contributed by atoms with Gasteiger partial charge in [-0.15, -0.1) is 0 Å². The molecule has 0 spiro atoms. The molecule has 0 atom stereocenters. The van der Waals surface area contributed by atoms with Gasteiger partial charge in [0.1, 0.15) is 12.4 Å². The first-order valence-electron chi connectivity index (χ1n) is 4.55. The third kappa shape index (κ3) is 1.97. The van der Waals surface area contributed by atoms with E-state index >= 15 is 0 Å². The third-order valence-electron chi connectivity index (χ3n) is 1.95. The zero-order valence-corrected chi connectivity index (χ0v) is 8.37. The summed E-state index contributed by atoms with van der Waals surface area (Å²) >= 11 is 0. The molecule has 0 aromatic carbocycles. The van der Waals surface area contributed by atoms with Gasteiger partial charge in [0.25, 0.3) is 5.91 Å². The van der Waals surface area contributed by atoms with Gasteiger partial charge < -0.3 is 11.5 Å². The van der Waals surface area contributed by atoms with E-state index in [-0.39, 0.29) is 11.4 Å². The SMILES string of the molecule is NC(=O)c1nn(Cc2ncccn2)cc1N. The van der Waals surface area contributed by atoms with Crippen molar-refractivity contribution < 1.29 is 4.79 Å². The topological polar surface area (TPSA) is 113 Å². The molecule has 82 valence electrons. The molecule has 0 saturated heterocycles. The van der Waals surface area contributed by atoms with Crippen LogP contribution in [0.3, 0.4) is 0 Å². The molecule has 0 aliphatic rings. The highest BCUT2D eigenvalue weighted by Crippen LogP contribution is 2.08. The van der Waals surface area contributed by atoms with Crippen molar-refractivity contribution in [2.45, 2.75) is 6.54 Å². The van der Waals surface area contributed by atoms with Gasteiger partial charge in [-0.1, -0.05) is 0 Å². The summed E-state index contributed by atoms with van der Waals surface area (Å²) in [5, 5.41) is 3.94. The van der Waals surface area contributed by atoms with Crippen LogP contribution in [0.1, 0.15) is 16.3 Å². The second kappa shape index (κ2) is 3.97. The molecule has 7 heteroatoms. The second-order valence-corrected chi connectivity index (χ2v) is 3.16. The second-order valence-electron chi connectivity index (χ2n) is 3.16. The van der Waals surface area contributed by atoms with Crippen molar-refractivity contribution in [2.24, 2.45) is 5.73 Å². The number of carbonyl (C=O) groups is 1. The maximum atomic E-state index is 10.9. The number of nitrogens with zero attached hydrogens (tertiary/aromatic N) is 4. The van der Waals surface area contributed by atoms with Crippen molar-refractivity contribution in [3.05, 3.63) is 36.2 Å². The van der Waals surface area contributed by atoms with Crippen molar-refractivity contribution in [1.82, 2.24) is 19.7 Å². The fourth-order valence-electron chi connectivity index (χ4n) is 1.27. The van der Waals surface area contributed by atoms with Crippen molar-refractivity contribution in [1.29, 1.82) is 0 Å². The Kier molecular flexibility index (Phi) is 2.50. The molecule has 0 aliphatic heterocycles. The Balaban J connectivity index is 2.23. The number of hydrogen-bond donors (Lipinski definition) is 2. The van der Waals surface area contributed by atoms with E-state index in [4.69, 9.17) is 11.5 Å². The number of anilines is 1. The van der Waals surface area contributed by atoms with E-state index < -0.39 is 5.91 Å². The van der Waals surface area contributed by atoms with Gasteiger partial charge in [0, 0.05) is 18.6 Å². The minimum Gasteiger partial charge on any atom is -0.396 e. The van der Waals surface area contributed by atoms with E-state index in [0.717, 1.165) is 0 Å². The largest absolute Gasteiger partial charge is 0.396 e. The Morgan fingerprint density at radius 2 is 2.06 bits per heavy atom. The Bertz CT molecular complexity index is 506. The van der Waals surface area contributed by atoms with Gasteiger partial charge in [-0.25, -0.2) is 9.97 Å². The molecule has 7 nitrogen and oxygen atoms in total. The van der Waals surface area contributed by atoms with Crippen LogP contribution in [0.15, 0.2) is 24.7 Å². The van der Waals surface area contributed by atoms with Crippen molar-refractivity contribution in [3.63, 3.8) is 0 Å². The summed E-state index contributed by atoms with van der Waals surface area (Å²) in [6.07, 6.45) is 4.78. The molecule has 2 heterocycles. The standard InChI is InChI=1S/C9H10N6O/c10-6-4-15(14-8(6)9(11)16)5-7-12-2-1-3-13-7/h1-4H,5,10H2,(H2,11,16). The first-order valence-corrected chi connectivity index (χ1v) is 4.55. The van der Waals surface area contributed by atoms with Crippen LogP contribution < -0.4 is 11.5 Å². The highest BCUT2D eigenvalue weighted by molar-refractivity contribution is 5.95. The molecule has 0 radical (unpaired) electrons. The van der Waals surface area contributed by atoms with Crippen LogP contribution in [-0.4, -0.2) is 25.7 Å². The van der Waals surface area contributed by atoms with Crippen LogP contribution >= 0.6 is 0 Å². The van der Waals surface area contributed by atoms with E-state index in [2.05, 4.69) is 15.1 Å². The van der Waals surface area contributed by atoms with Crippen LogP contribution in [0.25, 0.3) is 0 Å². The lowest BCUT2D eigenvalue weighted by Gasteiger charge is -1.98. The summed E-state index contributed by atoms with van der Waals surface area (Å²) in [5.41, 5.74) is 11.0. The smallest absolute Gasteiger partial charge is 0.271 e. The van der Waals surface area contributed by atoms with Gasteiger partial charge in [0.05, 0.1) is 5.69 Å². The molecule has 1 amide bonds. The number of aromatic nitrogens is 4. The maximum Gasteiger partial charge on any atom is 0.271 e. The van der Waals surface area contributed by atoms with Gasteiger partial charge >= 0.3 is 0 Å².